The number of aryl methyl sites for hydroxylation is 1. The van der Waals surface area contributed by atoms with E-state index < -0.39 is 17.4 Å². The Hall–Kier alpha value is -3.01. The number of fused-ring (bicyclic) bond motifs is 1. The molecule has 2 aromatic heterocycles. The number of thiazole rings is 1. The largest absolute Gasteiger partial charge is 0.348 e. The number of carbonyl (C=O) groups excluding carboxylic acids is 1. The zero-order valence-electron chi connectivity index (χ0n) is 18.2. The molecule has 0 unspecified atom stereocenters. The predicted octanol–water partition coefficient (Wildman–Crippen LogP) is 3.11. The number of nitrogens with zero attached hydrogens (tertiary/aromatic N) is 4. The lowest BCUT2D eigenvalue weighted by Crippen LogP contribution is -2.41. The number of piperidine rings is 1. The average molecular weight is 460 g/mol. The second-order valence-corrected chi connectivity index (χ2v) is 9.01. The van der Waals surface area contributed by atoms with Crippen LogP contribution < -0.4 is 21.5 Å². The van der Waals surface area contributed by atoms with Crippen LogP contribution in [-0.2, 0) is 17.9 Å². The fourth-order valence-corrected chi connectivity index (χ4v) is 4.99. The molecule has 1 aromatic carbocycles. The molecule has 3 heterocycles. The van der Waals surface area contributed by atoms with Crippen LogP contribution in [0.1, 0.15) is 38.2 Å². The van der Waals surface area contributed by atoms with Gasteiger partial charge in [-0.05, 0) is 50.3 Å². The van der Waals surface area contributed by atoms with Crippen LogP contribution in [0, 0.1) is 12.7 Å². The number of carbonyl (C=O) groups is 1. The number of benzene rings is 1. The minimum absolute atomic E-state index is 0.226. The number of halogens is 1. The van der Waals surface area contributed by atoms with Gasteiger partial charge in [0.1, 0.15) is 17.1 Å². The van der Waals surface area contributed by atoms with Crippen LogP contribution in [0.3, 0.4) is 0 Å². The lowest BCUT2D eigenvalue weighted by atomic mass is 10.1. The smallest absolute Gasteiger partial charge is 0.333 e. The predicted molar refractivity (Wildman–Crippen MR) is 124 cm³/mol. The lowest BCUT2D eigenvalue weighted by molar-refractivity contribution is -0.116. The van der Waals surface area contributed by atoms with Crippen LogP contribution in [-0.4, -0.2) is 33.1 Å². The summed E-state index contributed by atoms with van der Waals surface area (Å²) in [5.41, 5.74) is 0.336. The zero-order chi connectivity index (χ0) is 22.8. The van der Waals surface area contributed by atoms with Crippen molar-refractivity contribution in [3.63, 3.8) is 0 Å². The minimum Gasteiger partial charge on any atom is -0.348 e. The van der Waals surface area contributed by atoms with Gasteiger partial charge in [0.05, 0.1) is 0 Å². The normalized spacial score (nSPS) is 14.2. The van der Waals surface area contributed by atoms with Crippen molar-refractivity contribution in [2.45, 2.75) is 52.6 Å². The van der Waals surface area contributed by atoms with Crippen LogP contribution >= 0.6 is 11.3 Å². The van der Waals surface area contributed by atoms with Gasteiger partial charge in [0, 0.05) is 25.3 Å². The van der Waals surface area contributed by atoms with Crippen LogP contribution in [0.25, 0.3) is 10.3 Å². The fourth-order valence-electron chi connectivity index (χ4n) is 3.92. The summed E-state index contributed by atoms with van der Waals surface area (Å²) in [5, 5.41) is 3.36. The molecular formula is C22H26FN5O3S. The molecule has 4 rings (SSSR count). The number of hydrogen-bond donors (Lipinski definition) is 1. The van der Waals surface area contributed by atoms with E-state index in [-0.39, 0.29) is 24.3 Å². The SMILES string of the molecule is CCCn1c(=O)c2sc(N3CCCCC3)nc2n(CC(=O)Nc2cc(F)ccc2C)c1=O. The summed E-state index contributed by atoms with van der Waals surface area (Å²) in [5.74, 6) is -0.955. The van der Waals surface area contributed by atoms with E-state index in [1.807, 2.05) is 6.92 Å². The first-order chi connectivity index (χ1) is 15.4. The van der Waals surface area contributed by atoms with Crippen molar-refractivity contribution in [1.29, 1.82) is 0 Å². The van der Waals surface area contributed by atoms with Gasteiger partial charge in [0.2, 0.25) is 5.91 Å². The Morgan fingerprint density at radius 2 is 1.94 bits per heavy atom. The highest BCUT2D eigenvalue weighted by Crippen LogP contribution is 2.28. The van der Waals surface area contributed by atoms with Gasteiger partial charge in [-0.2, -0.15) is 0 Å². The summed E-state index contributed by atoms with van der Waals surface area (Å²) in [6.07, 6.45) is 3.87. The van der Waals surface area contributed by atoms with E-state index in [9.17, 15) is 18.8 Å². The minimum atomic E-state index is -0.564. The third-order valence-corrected chi connectivity index (χ3v) is 6.70. The summed E-state index contributed by atoms with van der Waals surface area (Å²) in [6.45, 7) is 5.28. The van der Waals surface area contributed by atoms with Crippen LogP contribution in [0.5, 0.6) is 0 Å². The Morgan fingerprint density at radius 3 is 2.66 bits per heavy atom. The second kappa shape index (κ2) is 9.23. The molecule has 1 aliphatic heterocycles. The van der Waals surface area contributed by atoms with Crippen LogP contribution in [0.2, 0.25) is 0 Å². The zero-order valence-corrected chi connectivity index (χ0v) is 19.0. The maximum atomic E-state index is 13.6. The summed E-state index contributed by atoms with van der Waals surface area (Å²) in [4.78, 5) is 45.7. The van der Waals surface area contributed by atoms with Crippen molar-refractivity contribution in [1.82, 2.24) is 14.1 Å². The molecular weight excluding hydrogens is 433 g/mol. The number of anilines is 2. The number of amides is 1. The Morgan fingerprint density at radius 1 is 1.19 bits per heavy atom. The van der Waals surface area contributed by atoms with E-state index >= 15 is 0 Å². The highest BCUT2D eigenvalue weighted by molar-refractivity contribution is 7.22. The molecule has 1 aliphatic rings. The van der Waals surface area contributed by atoms with Gasteiger partial charge in [-0.25, -0.2) is 14.2 Å². The quantitative estimate of drug-likeness (QED) is 0.612. The molecule has 8 nitrogen and oxygen atoms in total. The molecule has 1 amide bonds. The molecule has 170 valence electrons. The van der Waals surface area contributed by atoms with Crippen molar-refractivity contribution < 1.29 is 9.18 Å². The lowest BCUT2D eigenvalue weighted by Gasteiger charge is -2.25. The highest BCUT2D eigenvalue weighted by Gasteiger charge is 2.22. The van der Waals surface area contributed by atoms with Crippen molar-refractivity contribution in [3.05, 3.63) is 50.4 Å². The topological polar surface area (TPSA) is 89.2 Å². The highest BCUT2D eigenvalue weighted by atomic mass is 32.1. The average Bonchev–Trinajstić information content (AvgIpc) is 3.23. The van der Waals surface area contributed by atoms with Gasteiger partial charge in [-0.1, -0.05) is 24.3 Å². The van der Waals surface area contributed by atoms with Crippen molar-refractivity contribution >= 4 is 38.4 Å². The second-order valence-electron chi connectivity index (χ2n) is 8.03. The van der Waals surface area contributed by atoms with Crippen LogP contribution in [0.15, 0.2) is 27.8 Å². The molecule has 0 bridgehead atoms. The molecule has 10 heteroatoms. The van der Waals surface area contributed by atoms with E-state index in [1.54, 1.807) is 13.0 Å². The maximum absolute atomic E-state index is 13.6. The molecule has 3 aromatic rings. The molecule has 32 heavy (non-hydrogen) atoms. The molecule has 0 atom stereocenters. The maximum Gasteiger partial charge on any atom is 0.333 e. The van der Waals surface area contributed by atoms with Gasteiger partial charge in [0.15, 0.2) is 10.8 Å². The van der Waals surface area contributed by atoms with Crippen molar-refractivity contribution in [2.75, 3.05) is 23.3 Å². The number of rotatable bonds is 6. The van der Waals surface area contributed by atoms with Gasteiger partial charge in [0.25, 0.3) is 5.56 Å². The van der Waals surface area contributed by atoms with E-state index in [2.05, 4.69) is 15.2 Å². The van der Waals surface area contributed by atoms with E-state index in [0.717, 1.165) is 32.4 Å². The summed E-state index contributed by atoms with van der Waals surface area (Å²) < 4.78 is 16.4. The standard InChI is InChI=1S/C22H26FN5O3S/c1-3-9-27-20(30)18-19(25-21(32-18)26-10-5-4-6-11-26)28(22(27)31)13-17(29)24-16-12-15(23)8-7-14(16)2/h7-8,12H,3-6,9-11,13H2,1-2H3,(H,24,29). The molecule has 0 radical (unpaired) electrons. The Bertz CT molecular complexity index is 1270. The Balaban J connectivity index is 1.75. The number of aromatic nitrogens is 3. The van der Waals surface area contributed by atoms with Gasteiger partial charge < -0.3 is 10.2 Å². The third-order valence-electron chi connectivity index (χ3n) is 5.60. The fraction of sp³-hybridized carbons (Fsp3) is 0.455. The molecule has 0 spiro atoms. The molecule has 0 saturated carbocycles. The van der Waals surface area contributed by atoms with E-state index in [1.165, 1.54) is 32.6 Å². The number of hydrogen-bond acceptors (Lipinski definition) is 6. The van der Waals surface area contributed by atoms with E-state index in [4.69, 9.17) is 0 Å². The molecule has 1 N–H and O–H groups in total. The van der Waals surface area contributed by atoms with Crippen LogP contribution in [0.4, 0.5) is 15.2 Å². The molecule has 1 fully saturated rings. The number of nitrogens with one attached hydrogen (secondary N) is 1. The summed E-state index contributed by atoms with van der Waals surface area (Å²) >= 11 is 1.27. The third kappa shape index (κ3) is 4.32. The summed E-state index contributed by atoms with van der Waals surface area (Å²) in [6, 6.07) is 4.13. The monoisotopic (exact) mass is 459 g/mol. The van der Waals surface area contributed by atoms with Crippen molar-refractivity contribution in [2.24, 2.45) is 0 Å². The van der Waals surface area contributed by atoms with Gasteiger partial charge in [-0.15, -0.1) is 0 Å². The first-order valence-corrected chi connectivity index (χ1v) is 11.7. The first-order valence-electron chi connectivity index (χ1n) is 10.8. The van der Waals surface area contributed by atoms with Gasteiger partial charge >= 0.3 is 5.69 Å². The Kier molecular flexibility index (Phi) is 6.40. The molecule has 0 aliphatic carbocycles. The van der Waals surface area contributed by atoms with Crippen molar-refractivity contribution in [3.8, 4) is 0 Å². The Labute approximate surface area is 188 Å². The van der Waals surface area contributed by atoms with Gasteiger partial charge in [-0.3, -0.25) is 18.7 Å². The molecule has 1 saturated heterocycles. The van der Waals surface area contributed by atoms with E-state index in [0.29, 0.717) is 27.5 Å². The first kappa shape index (κ1) is 22.2. The summed E-state index contributed by atoms with van der Waals surface area (Å²) in [7, 11) is 0.